The van der Waals surface area contributed by atoms with Crippen LogP contribution in [0.2, 0.25) is 0 Å². The molecule has 1 aromatic carbocycles. The van der Waals surface area contributed by atoms with Gasteiger partial charge in [0.15, 0.2) is 0 Å². The number of nitrogens with two attached hydrogens (primary N) is 1. The number of nitrogens with zero attached hydrogens (tertiary/aromatic N) is 1. The van der Waals surface area contributed by atoms with Crippen molar-refractivity contribution in [1.82, 2.24) is 4.90 Å². The second kappa shape index (κ2) is 8.31. The van der Waals surface area contributed by atoms with Gasteiger partial charge in [-0.3, -0.25) is 4.90 Å². The first-order valence-electron chi connectivity index (χ1n) is 7.31. The molecule has 1 aromatic rings. The number of benzene rings is 1. The second-order valence-corrected chi connectivity index (χ2v) is 5.14. The molecule has 3 N–H and O–H groups in total. The molecule has 0 amide bonds. The van der Waals surface area contributed by atoms with Gasteiger partial charge in [-0.05, 0) is 31.9 Å². The molecule has 3 heteroatoms. The van der Waals surface area contributed by atoms with E-state index in [1.54, 1.807) is 0 Å². The third-order valence-electron chi connectivity index (χ3n) is 3.66. The Labute approximate surface area is 117 Å². The number of hydrogen-bond acceptors (Lipinski definition) is 3. The molecule has 108 valence electrons. The number of aliphatic hydroxyl groups excluding tert-OH is 1. The van der Waals surface area contributed by atoms with Crippen LogP contribution in [0, 0.1) is 6.92 Å². The van der Waals surface area contributed by atoms with E-state index in [0.29, 0.717) is 0 Å². The van der Waals surface area contributed by atoms with Crippen molar-refractivity contribution >= 4 is 0 Å². The minimum absolute atomic E-state index is 0.125. The molecule has 0 saturated heterocycles. The molecule has 0 radical (unpaired) electrons. The number of aryl methyl sites for hydroxylation is 1. The van der Waals surface area contributed by atoms with Crippen molar-refractivity contribution in [3.05, 3.63) is 35.4 Å². The zero-order valence-electron chi connectivity index (χ0n) is 12.5. The predicted molar refractivity (Wildman–Crippen MR) is 81.1 cm³/mol. The van der Waals surface area contributed by atoms with Crippen molar-refractivity contribution in [2.45, 2.75) is 45.7 Å². The summed E-state index contributed by atoms with van der Waals surface area (Å²) in [5, 5.41) is 9.05. The molecule has 2 atom stereocenters. The Morgan fingerprint density at radius 1 is 1.32 bits per heavy atom. The zero-order chi connectivity index (χ0) is 14.3. The highest BCUT2D eigenvalue weighted by atomic mass is 16.3. The lowest BCUT2D eigenvalue weighted by atomic mass is 9.95. The van der Waals surface area contributed by atoms with Gasteiger partial charge in [-0.2, -0.15) is 0 Å². The molecule has 3 nitrogen and oxygen atoms in total. The van der Waals surface area contributed by atoms with Gasteiger partial charge in [-0.15, -0.1) is 0 Å². The van der Waals surface area contributed by atoms with Gasteiger partial charge in [0.1, 0.15) is 0 Å². The summed E-state index contributed by atoms with van der Waals surface area (Å²) in [5.41, 5.74) is 8.90. The fourth-order valence-corrected chi connectivity index (χ4v) is 2.57. The van der Waals surface area contributed by atoms with Crippen LogP contribution in [0.15, 0.2) is 24.3 Å². The van der Waals surface area contributed by atoms with Crippen LogP contribution in [0.4, 0.5) is 0 Å². The first-order chi connectivity index (χ1) is 9.13. The highest BCUT2D eigenvalue weighted by Crippen LogP contribution is 2.25. The van der Waals surface area contributed by atoms with Crippen molar-refractivity contribution in [3.8, 4) is 0 Å². The van der Waals surface area contributed by atoms with Crippen molar-refractivity contribution in [1.29, 1.82) is 0 Å². The summed E-state index contributed by atoms with van der Waals surface area (Å²) >= 11 is 0. The highest BCUT2D eigenvalue weighted by Gasteiger charge is 2.24. The van der Waals surface area contributed by atoms with Crippen LogP contribution < -0.4 is 5.73 Å². The van der Waals surface area contributed by atoms with E-state index in [2.05, 4.69) is 49.9 Å². The van der Waals surface area contributed by atoms with E-state index in [0.717, 1.165) is 25.9 Å². The smallest absolute Gasteiger partial charge is 0.0499 e. The molecule has 2 unspecified atom stereocenters. The highest BCUT2D eigenvalue weighted by molar-refractivity contribution is 5.26. The maximum atomic E-state index is 9.05. The minimum atomic E-state index is 0.125. The summed E-state index contributed by atoms with van der Waals surface area (Å²) in [6.07, 6.45) is 1.75. The van der Waals surface area contributed by atoms with Crippen LogP contribution in [-0.2, 0) is 0 Å². The molecule has 0 saturated carbocycles. The summed E-state index contributed by atoms with van der Waals surface area (Å²) in [5.74, 6) is 0. The Morgan fingerprint density at radius 2 is 2.05 bits per heavy atom. The van der Waals surface area contributed by atoms with Crippen LogP contribution in [0.5, 0.6) is 0 Å². The first kappa shape index (κ1) is 16.2. The SMILES string of the molecule is CCC(N)C(c1cccc(C)c1)N(CC)CCCO. The van der Waals surface area contributed by atoms with Gasteiger partial charge in [-0.1, -0.05) is 43.7 Å². The number of hydrogen-bond donors (Lipinski definition) is 2. The van der Waals surface area contributed by atoms with Crippen molar-refractivity contribution in [2.75, 3.05) is 19.7 Å². The fourth-order valence-electron chi connectivity index (χ4n) is 2.57. The van der Waals surface area contributed by atoms with Crippen molar-refractivity contribution < 1.29 is 5.11 Å². The molecule has 0 heterocycles. The maximum Gasteiger partial charge on any atom is 0.0499 e. The molecular formula is C16H28N2O. The first-order valence-corrected chi connectivity index (χ1v) is 7.31. The summed E-state index contributed by atoms with van der Waals surface area (Å²) in [6.45, 7) is 8.47. The number of rotatable bonds is 8. The Kier molecular flexibility index (Phi) is 7.06. The van der Waals surface area contributed by atoms with Gasteiger partial charge >= 0.3 is 0 Å². The zero-order valence-corrected chi connectivity index (χ0v) is 12.5. The molecule has 0 aliphatic carbocycles. The summed E-state index contributed by atoms with van der Waals surface area (Å²) in [4.78, 5) is 2.37. The Balaban J connectivity index is 2.98. The van der Waals surface area contributed by atoms with Crippen LogP contribution in [0.1, 0.15) is 43.9 Å². The van der Waals surface area contributed by atoms with Gasteiger partial charge < -0.3 is 10.8 Å². The maximum absolute atomic E-state index is 9.05. The van der Waals surface area contributed by atoms with Crippen molar-refractivity contribution in [3.63, 3.8) is 0 Å². The number of aliphatic hydroxyl groups is 1. The van der Waals surface area contributed by atoms with E-state index >= 15 is 0 Å². The topological polar surface area (TPSA) is 49.5 Å². The molecule has 0 aromatic heterocycles. The lowest BCUT2D eigenvalue weighted by Gasteiger charge is -2.35. The van der Waals surface area contributed by atoms with Crippen LogP contribution >= 0.6 is 0 Å². The van der Waals surface area contributed by atoms with E-state index in [1.165, 1.54) is 11.1 Å². The van der Waals surface area contributed by atoms with Gasteiger partial charge in [0, 0.05) is 25.2 Å². The van der Waals surface area contributed by atoms with E-state index in [1.807, 2.05) is 0 Å². The molecule has 0 fully saturated rings. The normalized spacial score (nSPS) is 14.6. The monoisotopic (exact) mass is 264 g/mol. The Bertz CT molecular complexity index is 368. The lowest BCUT2D eigenvalue weighted by Crippen LogP contribution is -2.41. The van der Waals surface area contributed by atoms with E-state index in [9.17, 15) is 0 Å². The Morgan fingerprint density at radius 3 is 2.58 bits per heavy atom. The third-order valence-corrected chi connectivity index (χ3v) is 3.66. The van der Waals surface area contributed by atoms with Crippen LogP contribution in [0.3, 0.4) is 0 Å². The molecule has 0 spiro atoms. The van der Waals surface area contributed by atoms with E-state index in [4.69, 9.17) is 10.8 Å². The summed E-state index contributed by atoms with van der Waals surface area (Å²) in [7, 11) is 0. The molecular weight excluding hydrogens is 236 g/mol. The van der Waals surface area contributed by atoms with Gasteiger partial charge in [0.2, 0.25) is 0 Å². The summed E-state index contributed by atoms with van der Waals surface area (Å²) in [6, 6.07) is 8.96. The van der Waals surface area contributed by atoms with Crippen molar-refractivity contribution in [2.24, 2.45) is 5.73 Å². The van der Waals surface area contributed by atoms with Gasteiger partial charge in [0.25, 0.3) is 0 Å². The second-order valence-electron chi connectivity index (χ2n) is 5.14. The fraction of sp³-hybridized carbons (Fsp3) is 0.625. The standard InChI is InChI=1S/C16H28N2O/c1-4-15(17)16(18(5-2)10-7-11-19)14-9-6-8-13(3)12-14/h6,8-9,12,15-16,19H,4-5,7,10-11,17H2,1-3H3. The minimum Gasteiger partial charge on any atom is -0.396 e. The van der Waals surface area contributed by atoms with Gasteiger partial charge in [-0.25, -0.2) is 0 Å². The largest absolute Gasteiger partial charge is 0.396 e. The number of likely N-dealkylation sites (N-methyl/N-ethyl adjacent to an activating group) is 1. The summed E-state index contributed by atoms with van der Waals surface area (Å²) < 4.78 is 0. The van der Waals surface area contributed by atoms with Crippen LogP contribution in [-0.4, -0.2) is 35.7 Å². The Hall–Kier alpha value is -0.900. The molecule has 0 aliphatic rings. The molecule has 19 heavy (non-hydrogen) atoms. The molecule has 0 bridgehead atoms. The lowest BCUT2D eigenvalue weighted by molar-refractivity contribution is 0.159. The van der Waals surface area contributed by atoms with Gasteiger partial charge in [0.05, 0.1) is 0 Å². The average molecular weight is 264 g/mol. The third kappa shape index (κ3) is 4.60. The quantitative estimate of drug-likeness (QED) is 0.758. The predicted octanol–water partition coefficient (Wildman–Crippen LogP) is 2.48. The van der Waals surface area contributed by atoms with E-state index in [-0.39, 0.29) is 18.7 Å². The molecule has 1 rings (SSSR count). The van der Waals surface area contributed by atoms with E-state index < -0.39 is 0 Å². The molecule has 0 aliphatic heterocycles. The van der Waals surface area contributed by atoms with Crippen LogP contribution in [0.25, 0.3) is 0 Å². The average Bonchev–Trinajstić information content (AvgIpc) is 2.42.